The van der Waals surface area contributed by atoms with Crippen molar-refractivity contribution >= 4 is 6.21 Å². The molecule has 10 atom stereocenters. The Morgan fingerprint density at radius 2 is 1.62 bits per heavy atom. The molecule has 10 rings (SSSR count). The molecule has 0 aromatic heterocycles. The van der Waals surface area contributed by atoms with Gasteiger partial charge in [-0.05, 0) is 167 Å². The van der Waals surface area contributed by atoms with Gasteiger partial charge in [-0.3, -0.25) is 20.9 Å². The lowest BCUT2D eigenvalue weighted by atomic mass is 9.62. The van der Waals surface area contributed by atoms with Crippen LogP contribution in [0.1, 0.15) is 110 Å². The SMILES string of the molecule is CC1=CC(C2C=NC3=CC(C4=CC(C5C=C6C=CCCC6=C6CCCCC65)CC(C5NC(C6=CC=CCC6)NC(C6CC=CCC6)N5)=C4)CC=C3C2)CC(C)=C1. The fourth-order valence-electron chi connectivity index (χ4n) is 12.3. The lowest BCUT2D eigenvalue weighted by Gasteiger charge is -2.46. The second-order valence-corrected chi connectivity index (χ2v) is 18.9. The molecule has 0 aromatic rings. The molecule has 1 saturated heterocycles. The van der Waals surface area contributed by atoms with Gasteiger partial charge in [0.1, 0.15) is 0 Å². The number of allylic oxidation sites excluding steroid dienone is 21. The molecule has 0 spiro atoms. The highest BCUT2D eigenvalue weighted by molar-refractivity contribution is 5.69. The predicted molar refractivity (Wildman–Crippen MR) is 233 cm³/mol. The van der Waals surface area contributed by atoms with Gasteiger partial charge in [-0.25, -0.2) is 0 Å². The van der Waals surface area contributed by atoms with Gasteiger partial charge in [0, 0.05) is 18.1 Å². The Labute approximate surface area is 337 Å². The lowest BCUT2D eigenvalue weighted by molar-refractivity contribution is 0.169. The number of nitrogens with one attached hydrogen (secondary N) is 3. The molecule has 2 heterocycles. The van der Waals surface area contributed by atoms with Crippen molar-refractivity contribution in [2.75, 3.05) is 0 Å². The first-order chi connectivity index (χ1) is 27.5. The van der Waals surface area contributed by atoms with Crippen LogP contribution in [-0.2, 0) is 0 Å². The zero-order valence-electron chi connectivity index (χ0n) is 34.0. The number of hydrogen-bond acceptors (Lipinski definition) is 4. The summed E-state index contributed by atoms with van der Waals surface area (Å²) in [7, 11) is 0. The van der Waals surface area contributed by atoms with E-state index in [1.165, 1.54) is 84.9 Å². The molecular formula is C52H64N4. The van der Waals surface area contributed by atoms with Crippen LogP contribution in [-0.4, -0.2) is 24.7 Å². The lowest BCUT2D eigenvalue weighted by Crippen LogP contribution is -2.70. The first kappa shape index (κ1) is 36.7. The Morgan fingerprint density at radius 1 is 0.714 bits per heavy atom. The zero-order valence-corrected chi connectivity index (χ0v) is 34.0. The summed E-state index contributed by atoms with van der Waals surface area (Å²) in [6.07, 6.45) is 55.8. The third-order valence-corrected chi connectivity index (χ3v) is 15.1. The molecule has 56 heavy (non-hydrogen) atoms. The molecule has 0 amide bonds. The molecule has 0 aromatic carbocycles. The molecule has 0 bridgehead atoms. The molecule has 4 nitrogen and oxygen atoms in total. The summed E-state index contributed by atoms with van der Waals surface area (Å²) in [4.78, 5) is 5.24. The Morgan fingerprint density at radius 3 is 2.48 bits per heavy atom. The van der Waals surface area contributed by atoms with Gasteiger partial charge in [-0.2, -0.15) is 0 Å². The van der Waals surface area contributed by atoms with Crippen LogP contribution in [0.5, 0.6) is 0 Å². The molecule has 292 valence electrons. The highest BCUT2D eigenvalue weighted by atomic mass is 15.4. The van der Waals surface area contributed by atoms with E-state index >= 15 is 0 Å². The zero-order chi connectivity index (χ0) is 37.6. The van der Waals surface area contributed by atoms with Crippen LogP contribution in [0.3, 0.4) is 0 Å². The number of nitrogens with zero attached hydrogens (tertiary/aromatic N) is 1. The maximum atomic E-state index is 5.24. The van der Waals surface area contributed by atoms with Crippen LogP contribution in [0, 0.1) is 41.4 Å². The third-order valence-electron chi connectivity index (χ3n) is 15.1. The van der Waals surface area contributed by atoms with E-state index in [9.17, 15) is 0 Å². The molecule has 3 N–H and O–H groups in total. The van der Waals surface area contributed by atoms with E-state index in [-0.39, 0.29) is 18.5 Å². The molecule has 4 heteroatoms. The van der Waals surface area contributed by atoms with Gasteiger partial charge < -0.3 is 0 Å². The summed E-state index contributed by atoms with van der Waals surface area (Å²) in [5, 5.41) is 12.4. The van der Waals surface area contributed by atoms with Crippen LogP contribution >= 0.6 is 0 Å². The summed E-state index contributed by atoms with van der Waals surface area (Å²) in [6.45, 7) is 4.55. The van der Waals surface area contributed by atoms with Crippen molar-refractivity contribution in [3.05, 3.63) is 141 Å². The van der Waals surface area contributed by atoms with Gasteiger partial charge in [0.2, 0.25) is 0 Å². The fraction of sp³-hybridized carbons (Fsp3) is 0.519. The van der Waals surface area contributed by atoms with Gasteiger partial charge in [-0.15, -0.1) is 0 Å². The van der Waals surface area contributed by atoms with Crippen molar-refractivity contribution in [2.24, 2.45) is 46.4 Å². The maximum Gasteiger partial charge on any atom is 0.0824 e. The number of aliphatic imine (C=N–C) groups is 1. The first-order valence-corrected chi connectivity index (χ1v) is 22.6. The standard InChI is InChI=1S/C52H64N4/c1-33-23-34(2)25-40(24-33)44-26-39-22-21-37(31-49(39)53-32-44)41-27-42(48-30-38-17-9-10-18-45(38)46-19-11-12-20-47(46)48)29-43(28-41)52-55-50(35-13-5-3-6-14-35)54-51(56-52)36-15-7-4-8-16-36/h3-5,7,9,13,17,22-24,27-28,30-32,36-37,40,42,44,47-48,50-52,54-56H,6,8,10-12,14-16,18-21,25-26,29H2,1-2H3. The van der Waals surface area contributed by atoms with Crippen molar-refractivity contribution in [1.82, 2.24) is 16.0 Å². The Hall–Kier alpha value is -3.57. The van der Waals surface area contributed by atoms with Crippen LogP contribution in [0.2, 0.25) is 0 Å². The van der Waals surface area contributed by atoms with E-state index in [0.29, 0.717) is 41.4 Å². The van der Waals surface area contributed by atoms with Crippen LogP contribution in [0.4, 0.5) is 0 Å². The quantitative estimate of drug-likeness (QED) is 0.237. The van der Waals surface area contributed by atoms with Gasteiger partial charge in [0.25, 0.3) is 0 Å². The fourth-order valence-corrected chi connectivity index (χ4v) is 12.3. The summed E-state index contributed by atoms with van der Waals surface area (Å²) in [6, 6.07) is 0. The molecule has 1 saturated carbocycles. The normalized spacial score (nSPS) is 38.1. The van der Waals surface area contributed by atoms with Crippen molar-refractivity contribution in [3.63, 3.8) is 0 Å². The van der Waals surface area contributed by atoms with E-state index < -0.39 is 0 Å². The Balaban J connectivity index is 0.990. The van der Waals surface area contributed by atoms with Crippen molar-refractivity contribution in [3.8, 4) is 0 Å². The Bertz CT molecular complexity index is 2000. The van der Waals surface area contributed by atoms with Gasteiger partial charge >= 0.3 is 0 Å². The largest absolute Gasteiger partial charge is 0.283 e. The van der Waals surface area contributed by atoms with Crippen molar-refractivity contribution in [2.45, 2.75) is 129 Å². The maximum absolute atomic E-state index is 5.24. The molecule has 2 aliphatic heterocycles. The molecule has 0 radical (unpaired) electrons. The predicted octanol–water partition coefficient (Wildman–Crippen LogP) is 11.5. The van der Waals surface area contributed by atoms with Gasteiger partial charge in [0.15, 0.2) is 0 Å². The number of fused-ring (bicyclic) bond motifs is 3. The van der Waals surface area contributed by atoms with Crippen molar-refractivity contribution in [1.29, 1.82) is 0 Å². The molecule has 10 unspecified atom stereocenters. The van der Waals surface area contributed by atoms with E-state index in [0.717, 1.165) is 44.9 Å². The minimum atomic E-state index is 0.137. The molecule has 8 aliphatic carbocycles. The van der Waals surface area contributed by atoms with E-state index in [2.05, 4.69) is 121 Å². The first-order valence-electron chi connectivity index (χ1n) is 22.6. The second-order valence-electron chi connectivity index (χ2n) is 18.9. The summed E-state index contributed by atoms with van der Waals surface area (Å²) < 4.78 is 0. The average molecular weight is 745 g/mol. The third kappa shape index (κ3) is 7.47. The van der Waals surface area contributed by atoms with E-state index in [1.807, 2.05) is 5.57 Å². The van der Waals surface area contributed by atoms with Crippen LogP contribution < -0.4 is 16.0 Å². The highest BCUT2D eigenvalue weighted by Crippen LogP contribution is 2.51. The molecule has 10 aliphatic rings. The molecule has 2 fully saturated rings. The Kier molecular flexibility index (Phi) is 10.5. The second kappa shape index (κ2) is 16.0. The van der Waals surface area contributed by atoms with Gasteiger partial charge in [0.05, 0.1) is 24.2 Å². The van der Waals surface area contributed by atoms with Gasteiger partial charge in [-0.1, -0.05) is 108 Å². The minimum absolute atomic E-state index is 0.137. The number of rotatable bonds is 6. The number of hydrogen-bond donors (Lipinski definition) is 3. The topological polar surface area (TPSA) is 48.5 Å². The van der Waals surface area contributed by atoms with Crippen LogP contribution in [0.15, 0.2) is 146 Å². The smallest absolute Gasteiger partial charge is 0.0824 e. The van der Waals surface area contributed by atoms with Crippen LogP contribution in [0.25, 0.3) is 0 Å². The summed E-state index contributed by atoms with van der Waals surface area (Å²) in [5.74, 6) is 3.72. The average Bonchev–Trinajstić information content (AvgIpc) is 3.25. The van der Waals surface area contributed by atoms with E-state index in [1.54, 1.807) is 16.7 Å². The highest BCUT2D eigenvalue weighted by Gasteiger charge is 2.41. The van der Waals surface area contributed by atoms with Crippen molar-refractivity contribution < 1.29 is 0 Å². The van der Waals surface area contributed by atoms with E-state index in [4.69, 9.17) is 4.99 Å². The minimum Gasteiger partial charge on any atom is -0.283 e. The monoisotopic (exact) mass is 745 g/mol. The molecular weight excluding hydrogens is 681 g/mol. The summed E-state index contributed by atoms with van der Waals surface area (Å²) >= 11 is 0. The summed E-state index contributed by atoms with van der Waals surface area (Å²) in [5.41, 5.74) is 15.3.